The molecule has 1 aromatic rings. The Morgan fingerprint density at radius 3 is 3.00 bits per heavy atom. The smallest absolute Gasteiger partial charge is 0.347 e. The van der Waals surface area contributed by atoms with E-state index in [0.29, 0.717) is 11.3 Å². The molecule has 0 radical (unpaired) electrons. The molecule has 0 bridgehead atoms. The second-order valence-corrected chi connectivity index (χ2v) is 3.99. The second kappa shape index (κ2) is 4.57. The molecule has 0 saturated heterocycles. The van der Waals surface area contributed by atoms with Crippen LogP contribution in [0.5, 0.6) is 5.75 Å². The van der Waals surface area contributed by atoms with E-state index in [9.17, 15) is 9.59 Å². The molecular weight excluding hydrogens is 220 g/mol. The summed E-state index contributed by atoms with van der Waals surface area (Å²) in [6.45, 7) is 3.92. The maximum absolute atomic E-state index is 11.9. The first-order chi connectivity index (χ1) is 8.11. The van der Waals surface area contributed by atoms with Gasteiger partial charge in [0.1, 0.15) is 5.75 Å². The molecule has 0 saturated carbocycles. The number of carbonyl (C=O) groups is 2. The summed E-state index contributed by atoms with van der Waals surface area (Å²) in [5.41, 5.74) is 1.54. The number of rotatable bonds is 2. The predicted octanol–water partition coefficient (Wildman–Crippen LogP) is 1.89. The van der Waals surface area contributed by atoms with Crippen molar-refractivity contribution < 1.29 is 19.1 Å². The van der Waals surface area contributed by atoms with Gasteiger partial charge in [-0.15, -0.1) is 0 Å². The molecule has 4 heteroatoms. The molecule has 1 aliphatic rings. The van der Waals surface area contributed by atoms with Gasteiger partial charge in [-0.25, -0.2) is 4.79 Å². The average molecular weight is 234 g/mol. The fourth-order valence-electron chi connectivity index (χ4n) is 1.80. The van der Waals surface area contributed by atoms with Crippen LogP contribution in [0.25, 0.3) is 0 Å². The van der Waals surface area contributed by atoms with E-state index >= 15 is 0 Å². The first-order valence-electron chi connectivity index (χ1n) is 5.59. The van der Waals surface area contributed by atoms with Gasteiger partial charge in [-0.3, -0.25) is 4.79 Å². The van der Waals surface area contributed by atoms with E-state index in [4.69, 9.17) is 9.47 Å². The summed E-state index contributed by atoms with van der Waals surface area (Å²) < 4.78 is 10.3. The molecule has 0 fully saturated rings. The Labute approximate surface area is 99.5 Å². The van der Waals surface area contributed by atoms with Crippen molar-refractivity contribution in [3.8, 4) is 5.75 Å². The predicted molar refractivity (Wildman–Crippen MR) is 61.2 cm³/mol. The molecule has 2 rings (SSSR count). The van der Waals surface area contributed by atoms with Crippen molar-refractivity contribution >= 4 is 11.8 Å². The Bertz CT molecular complexity index is 464. The maximum Gasteiger partial charge on any atom is 0.347 e. The van der Waals surface area contributed by atoms with Gasteiger partial charge in [-0.1, -0.05) is 11.6 Å². The monoisotopic (exact) mass is 234 g/mol. The van der Waals surface area contributed by atoms with Crippen molar-refractivity contribution in [3.05, 3.63) is 29.3 Å². The highest BCUT2D eigenvalue weighted by Gasteiger charge is 2.32. The zero-order valence-electron chi connectivity index (χ0n) is 9.86. The lowest BCUT2D eigenvalue weighted by atomic mass is 9.99. The molecule has 1 aliphatic heterocycles. The minimum absolute atomic E-state index is 0.0509. The van der Waals surface area contributed by atoms with Crippen LogP contribution >= 0.6 is 0 Å². The summed E-state index contributed by atoms with van der Waals surface area (Å²) in [6, 6.07) is 5.34. The summed E-state index contributed by atoms with van der Waals surface area (Å²) >= 11 is 0. The second-order valence-electron chi connectivity index (χ2n) is 3.99. The number of hydrogen-bond donors (Lipinski definition) is 0. The largest absolute Gasteiger partial charge is 0.477 e. The Morgan fingerprint density at radius 1 is 1.53 bits per heavy atom. The van der Waals surface area contributed by atoms with Gasteiger partial charge in [0, 0.05) is 0 Å². The van der Waals surface area contributed by atoms with Gasteiger partial charge in [-0.05, 0) is 26.0 Å². The molecule has 1 heterocycles. The molecule has 0 amide bonds. The third kappa shape index (κ3) is 2.30. The van der Waals surface area contributed by atoms with E-state index in [1.165, 1.54) is 0 Å². The van der Waals surface area contributed by atoms with E-state index in [1.807, 2.05) is 13.0 Å². The first kappa shape index (κ1) is 11.6. The number of esters is 1. The van der Waals surface area contributed by atoms with Crippen molar-refractivity contribution in [1.29, 1.82) is 0 Å². The van der Waals surface area contributed by atoms with Crippen molar-refractivity contribution in [1.82, 2.24) is 0 Å². The molecule has 90 valence electrons. The van der Waals surface area contributed by atoms with Gasteiger partial charge in [-0.2, -0.15) is 0 Å². The van der Waals surface area contributed by atoms with Crippen LogP contribution in [0.2, 0.25) is 0 Å². The van der Waals surface area contributed by atoms with Gasteiger partial charge in [0.25, 0.3) is 0 Å². The van der Waals surface area contributed by atoms with Crippen LogP contribution in [0.1, 0.15) is 29.3 Å². The third-order valence-corrected chi connectivity index (χ3v) is 2.62. The topological polar surface area (TPSA) is 52.6 Å². The lowest BCUT2D eigenvalue weighted by molar-refractivity contribution is -0.151. The molecule has 0 N–H and O–H groups in total. The van der Waals surface area contributed by atoms with Crippen LogP contribution in [0.3, 0.4) is 0 Å². The first-order valence-corrected chi connectivity index (χ1v) is 5.59. The van der Waals surface area contributed by atoms with E-state index in [-0.39, 0.29) is 18.8 Å². The third-order valence-electron chi connectivity index (χ3n) is 2.62. The molecule has 0 aliphatic carbocycles. The van der Waals surface area contributed by atoms with Crippen molar-refractivity contribution in [2.45, 2.75) is 26.4 Å². The number of hydrogen-bond acceptors (Lipinski definition) is 4. The number of ether oxygens (including phenoxy) is 2. The minimum atomic E-state index is -0.808. The number of aryl methyl sites for hydroxylation is 1. The van der Waals surface area contributed by atoms with Crippen LogP contribution in [-0.4, -0.2) is 24.5 Å². The van der Waals surface area contributed by atoms with Crippen LogP contribution < -0.4 is 4.74 Å². The number of Topliss-reactive ketones (excluding diaryl/α,β-unsaturated/α-hetero) is 1. The molecule has 0 spiro atoms. The lowest BCUT2D eigenvalue weighted by Crippen LogP contribution is -2.35. The molecule has 0 aromatic heterocycles. The molecule has 1 aromatic carbocycles. The van der Waals surface area contributed by atoms with Crippen LogP contribution in [0, 0.1) is 6.92 Å². The molecule has 17 heavy (non-hydrogen) atoms. The molecule has 1 unspecified atom stereocenters. The number of carbonyl (C=O) groups excluding carboxylic acids is 2. The summed E-state index contributed by atoms with van der Waals surface area (Å²) in [5, 5.41) is 0. The van der Waals surface area contributed by atoms with E-state index in [1.54, 1.807) is 19.1 Å². The lowest BCUT2D eigenvalue weighted by Gasteiger charge is -2.23. The number of ketones is 1. The van der Waals surface area contributed by atoms with Crippen molar-refractivity contribution in [2.75, 3.05) is 6.61 Å². The van der Waals surface area contributed by atoms with Gasteiger partial charge < -0.3 is 9.47 Å². The van der Waals surface area contributed by atoms with Crippen molar-refractivity contribution in [3.63, 3.8) is 0 Å². The highest BCUT2D eigenvalue weighted by Crippen LogP contribution is 2.28. The Kier molecular flexibility index (Phi) is 3.13. The Morgan fingerprint density at radius 2 is 2.29 bits per heavy atom. The highest BCUT2D eigenvalue weighted by molar-refractivity contribution is 6.02. The van der Waals surface area contributed by atoms with Gasteiger partial charge >= 0.3 is 5.97 Å². The van der Waals surface area contributed by atoms with E-state index < -0.39 is 12.1 Å². The van der Waals surface area contributed by atoms with E-state index in [0.717, 1.165) is 5.56 Å². The fraction of sp³-hybridized carbons (Fsp3) is 0.385. The van der Waals surface area contributed by atoms with Crippen LogP contribution in [0.15, 0.2) is 18.2 Å². The molecule has 4 nitrogen and oxygen atoms in total. The summed E-state index contributed by atoms with van der Waals surface area (Å²) in [5.74, 6) is -0.0926. The normalized spacial score (nSPS) is 18.2. The summed E-state index contributed by atoms with van der Waals surface area (Å²) in [7, 11) is 0. The standard InChI is InChI=1S/C13H14O4/c1-3-16-13(15)12-7-10(14)9-6-8(2)4-5-11(9)17-12/h4-6,12H,3,7H2,1-2H3. The van der Waals surface area contributed by atoms with Gasteiger partial charge in [0.15, 0.2) is 5.78 Å². The van der Waals surface area contributed by atoms with Crippen LogP contribution in [-0.2, 0) is 9.53 Å². The molecular formula is C13H14O4. The van der Waals surface area contributed by atoms with Gasteiger partial charge in [0.2, 0.25) is 6.10 Å². The average Bonchev–Trinajstić information content (AvgIpc) is 2.30. The Balaban J connectivity index is 2.25. The highest BCUT2D eigenvalue weighted by atomic mass is 16.6. The summed E-state index contributed by atoms with van der Waals surface area (Å²) in [6.07, 6.45) is -0.757. The minimum Gasteiger partial charge on any atom is -0.477 e. The number of benzene rings is 1. The van der Waals surface area contributed by atoms with Gasteiger partial charge in [0.05, 0.1) is 18.6 Å². The molecule has 1 atom stereocenters. The summed E-state index contributed by atoms with van der Waals surface area (Å²) in [4.78, 5) is 23.4. The van der Waals surface area contributed by atoms with Crippen LogP contribution in [0.4, 0.5) is 0 Å². The van der Waals surface area contributed by atoms with E-state index in [2.05, 4.69) is 0 Å². The van der Waals surface area contributed by atoms with Crippen molar-refractivity contribution in [2.24, 2.45) is 0 Å². The quantitative estimate of drug-likeness (QED) is 0.733. The number of fused-ring (bicyclic) bond motifs is 1. The SMILES string of the molecule is CCOC(=O)C1CC(=O)c2cc(C)ccc2O1. The Hall–Kier alpha value is -1.84. The fourth-order valence-corrected chi connectivity index (χ4v) is 1.80. The zero-order chi connectivity index (χ0) is 12.4. The zero-order valence-corrected chi connectivity index (χ0v) is 9.86. The maximum atomic E-state index is 11.9.